The van der Waals surface area contributed by atoms with Gasteiger partial charge >= 0.3 is 0 Å². The molecular weight excluding hydrogens is 753 g/mol. The highest BCUT2D eigenvalue weighted by molar-refractivity contribution is 6.10. The normalized spacial score (nSPS) is 11.2. The molecule has 0 fully saturated rings. The third-order valence-corrected chi connectivity index (χ3v) is 11.7. The molecule has 11 rings (SSSR count). The molecule has 0 atom stereocenters. The Morgan fingerprint density at radius 3 is 1.10 bits per heavy atom. The molecule has 0 amide bonds. The SMILES string of the molecule is c1ccc(-c2ccc(N(c3ccc(-c4ccccc4)cc3)c3ccc(-c4ccc5c6ccccc6n(-c6nc(-c7ccccc7)cc(-c7ccccc7)n6)c5c4)cc3)cc2)cc1. The summed E-state index contributed by atoms with van der Waals surface area (Å²) in [6, 6.07) is 85.8. The lowest BCUT2D eigenvalue weighted by Crippen LogP contribution is -2.09. The van der Waals surface area contributed by atoms with Crippen molar-refractivity contribution in [3.63, 3.8) is 0 Å². The summed E-state index contributed by atoms with van der Waals surface area (Å²) in [7, 11) is 0. The summed E-state index contributed by atoms with van der Waals surface area (Å²) in [5.41, 5.74) is 16.2. The van der Waals surface area contributed by atoms with E-state index in [9.17, 15) is 0 Å². The van der Waals surface area contributed by atoms with Crippen LogP contribution in [0.2, 0.25) is 0 Å². The van der Waals surface area contributed by atoms with Gasteiger partial charge in [-0.2, -0.15) is 0 Å². The maximum Gasteiger partial charge on any atom is 0.235 e. The second-order valence-electron chi connectivity index (χ2n) is 15.5. The van der Waals surface area contributed by atoms with Gasteiger partial charge in [0.2, 0.25) is 5.95 Å². The standard InChI is InChI=1S/C58H40N4/c1-5-15-41(16-6-1)43-25-32-49(33-26-43)61(50-34-27-44(28-35-50)42-17-7-2-8-18-42)51-36-29-45(30-37-51)48-31-38-53-52-23-13-14-24-56(52)62(57(53)39-48)58-59-54(46-19-9-3-10-20-46)40-55(60-58)47-21-11-4-12-22-47/h1-40H. The zero-order valence-corrected chi connectivity index (χ0v) is 33.9. The Morgan fingerprint density at radius 1 is 0.274 bits per heavy atom. The number of anilines is 3. The van der Waals surface area contributed by atoms with Crippen LogP contribution in [0.1, 0.15) is 0 Å². The van der Waals surface area contributed by atoms with Crippen LogP contribution in [0.15, 0.2) is 243 Å². The number of aromatic nitrogens is 3. The molecule has 2 heterocycles. The van der Waals surface area contributed by atoms with Crippen LogP contribution in [0.4, 0.5) is 17.1 Å². The largest absolute Gasteiger partial charge is 0.311 e. The fourth-order valence-corrected chi connectivity index (χ4v) is 8.53. The predicted octanol–water partition coefficient (Wildman–Crippen LogP) is 15.4. The van der Waals surface area contributed by atoms with E-state index in [-0.39, 0.29) is 0 Å². The summed E-state index contributed by atoms with van der Waals surface area (Å²) in [5.74, 6) is 0.635. The number of hydrogen-bond donors (Lipinski definition) is 0. The van der Waals surface area contributed by atoms with Crippen molar-refractivity contribution < 1.29 is 0 Å². The Kier molecular flexibility index (Phi) is 9.49. The quantitative estimate of drug-likeness (QED) is 0.146. The fourth-order valence-electron chi connectivity index (χ4n) is 8.53. The van der Waals surface area contributed by atoms with Crippen LogP contribution in [0.25, 0.3) is 83.6 Å². The van der Waals surface area contributed by atoms with Gasteiger partial charge in [0.1, 0.15) is 0 Å². The Labute approximate surface area is 361 Å². The van der Waals surface area contributed by atoms with Gasteiger partial charge in [-0.15, -0.1) is 0 Å². The third kappa shape index (κ3) is 7.00. The van der Waals surface area contributed by atoms with E-state index in [0.29, 0.717) is 5.95 Å². The molecule has 292 valence electrons. The highest BCUT2D eigenvalue weighted by Gasteiger charge is 2.19. The van der Waals surface area contributed by atoms with Crippen LogP contribution in [-0.4, -0.2) is 14.5 Å². The summed E-state index contributed by atoms with van der Waals surface area (Å²) in [6.07, 6.45) is 0. The van der Waals surface area contributed by atoms with Gasteiger partial charge in [-0.25, -0.2) is 9.97 Å². The van der Waals surface area contributed by atoms with E-state index in [0.717, 1.165) is 72.5 Å². The molecular formula is C58H40N4. The number of hydrogen-bond acceptors (Lipinski definition) is 3. The molecule has 0 radical (unpaired) electrons. The van der Waals surface area contributed by atoms with E-state index >= 15 is 0 Å². The molecule has 0 bridgehead atoms. The van der Waals surface area contributed by atoms with Gasteiger partial charge in [0.25, 0.3) is 0 Å². The van der Waals surface area contributed by atoms with Gasteiger partial charge in [0, 0.05) is 39.0 Å². The first-order valence-corrected chi connectivity index (χ1v) is 21.0. The van der Waals surface area contributed by atoms with Crippen LogP contribution in [0, 0.1) is 0 Å². The molecule has 4 nitrogen and oxygen atoms in total. The number of para-hydroxylation sites is 1. The summed E-state index contributed by atoms with van der Waals surface area (Å²) < 4.78 is 2.22. The van der Waals surface area contributed by atoms with Crippen molar-refractivity contribution in [1.82, 2.24) is 14.5 Å². The van der Waals surface area contributed by atoms with Crippen molar-refractivity contribution >= 4 is 38.9 Å². The summed E-state index contributed by atoms with van der Waals surface area (Å²) in [6.45, 7) is 0. The van der Waals surface area contributed by atoms with Gasteiger partial charge in [-0.1, -0.05) is 188 Å². The van der Waals surface area contributed by atoms with Crippen molar-refractivity contribution in [1.29, 1.82) is 0 Å². The molecule has 0 aliphatic carbocycles. The van der Waals surface area contributed by atoms with Crippen molar-refractivity contribution in [2.45, 2.75) is 0 Å². The maximum absolute atomic E-state index is 5.25. The molecule has 0 saturated carbocycles. The number of rotatable bonds is 9. The molecule has 0 aliphatic heterocycles. The van der Waals surface area contributed by atoms with Crippen LogP contribution in [0.5, 0.6) is 0 Å². The van der Waals surface area contributed by atoms with Gasteiger partial charge in [0.05, 0.1) is 22.4 Å². The Hall–Kier alpha value is -8.34. The second-order valence-corrected chi connectivity index (χ2v) is 15.5. The van der Waals surface area contributed by atoms with E-state index in [4.69, 9.17) is 9.97 Å². The minimum Gasteiger partial charge on any atom is -0.311 e. The fraction of sp³-hybridized carbons (Fsp3) is 0. The monoisotopic (exact) mass is 792 g/mol. The molecule has 0 saturated heterocycles. The van der Waals surface area contributed by atoms with E-state index in [2.05, 4.69) is 240 Å². The first kappa shape index (κ1) is 36.7. The maximum atomic E-state index is 5.25. The zero-order chi connectivity index (χ0) is 41.2. The van der Waals surface area contributed by atoms with Crippen LogP contribution >= 0.6 is 0 Å². The van der Waals surface area contributed by atoms with Crippen molar-refractivity contribution in [2.75, 3.05) is 4.90 Å². The van der Waals surface area contributed by atoms with Crippen molar-refractivity contribution in [2.24, 2.45) is 0 Å². The lowest BCUT2D eigenvalue weighted by atomic mass is 10.0. The molecule has 4 heteroatoms. The van der Waals surface area contributed by atoms with Crippen molar-refractivity contribution in [3.05, 3.63) is 243 Å². The van der Waals surface area contributed by atoms with Crippen LogP contribution in [-0.2, 0) is 0 Å². The first-order valence-electron chi connectivity index (χ1n) is 21.0. The Bertz CT molecular complexity index is 3150. The summed E-state index contributed by atoms with van der Waals surface area (Å²) in [5, 5.41) is 2.31. The molecule has 62 heavy (non-hydrogen) atoms. The smallest absolute Gasteiger partial charge is 0.235 e. The number of fused-ring (bicyclic) bond motifs is 3. The summed E-state index contributed by atoms with van der Waals surface area (Å²) in [4.78, 5) is 12.8. The Morgan fingerprint density at radius 2 is 0.629 bits per heavy atom. The third-order valence-electron chi connectivity index (χ3n) is 11.7. The molecule has 0 N–H and O–H groups in total. The molecule has 0 unspecified atom stereocenters. The predicted molar refractivity (Wildman–Crippen MR) is 258 cm³/mol. The van der Waals surface area contributed by atoms with E-state index in [1.54, 1.807) is 0 Å². The molecule has 0 aliphatic rings. The van der Waals surface area contributed by atoms with Gasteiger partial charge in [-0.3, -0.25) is 4.57 Å². The first-order chi connectivity index (χ1) is 30.7. The topological polar surface area (TPSA) is 34.0 Å². The highest BCUT2D eigenvalue weighted by Crippen LogP contribution is 2.39. The second kappa shape index (κ2) is 16.0. The average Bonchev–Trinajstić information content (AvgIpc) is 3.69. The van der Waals surface area contributed by atoms with Gasteiger partial charge in [0.15, 0.2) is 0 Å². The van der Waals surface area contributed by atoms with Crippen LogP contribution in [0.3, 0.4) is 0 Å². The zero-order valence-electron chi connectivity index (χ0n) is 33.9. The van der Waals surface area contributed by atoms with Gasteiger partial charge in [-0.05, 0) is 88.0 Å². The van der Waals surface area contributed by atoms with E-state index < -0.39 is 0 Å². The lowest BCUT2D eigenvalue weighted by molar-refractivity contribution is 0.996. The number of benzene rings is 9. The van der Waals surface area contributed by atoms with Crippen molar-refractivity contribution in [3.8, 4) is 61.8 Å². The minimum atomic E-state index is 0.635. The lowest BCUT2D eigenvalue weighted by Gasteiger charge is -2.26. The molecule has 0 spiro atoms. The highest BCUT2D eigenvalue weighted by atomic mass is 15.2. The van der Waals surface area contributed by atoms with E-state index in [1.807, 2.05) is 12.1 Å². The van der Waals surface area contributed by atoms with E-state index in [1.165, 1.54) is 22.3 Å². The Balaban J connectivity index is 1.01. The van der Waals surface area contributed by atoms with Crippen LogP contribution < -0.4 is 4.90 Å². The number of nitrogens with zero attached hydrogens (tertiary/aromatic N) is 4. The molecule has 11 aromatic rings. The molecule has 9 aromatic carbocycles. The average molecular weight is 793 g/mol. The minimum absolute atomic E-state index is 0.635. The van der Waals surface area contributed by atoms with Gasteiger partial charge < -0.3 is 4.90 Å². The molecule has 2 aromatic heterocycles. The summed E-state index contributed by atoms with van der Waals surface area (Å²) >= 11 is 0.